The number of hydrogen-bond donors (Lipinski definition) is 2. The largest absolute Gasteiger partial charge is 0.485 e. The zero-order valence-corrected chi connectivity index (χ0v) is 13.0. The van der Waals surface area contributed by atoms with Gasteiger partial charge in [-0.2, -0.15) is 0 Å². The summed E-state index contributed by atoms with van der Waals surface area (Å²) in [6.07, 6.45) is -0.752. The number of urea groups is 1. The van der Waals surface area contributed by atoms with E-state index >= 15 is 0 Å². The van der Waals surface area contributed by atoms with E-state index in [4.69, 9.17) is 4.74 Å². The van der Waals surface area contributed by atoms with Crippen LogP contribution in [0.15, 0.2) is 24.3 Å². The smallest absolute Gasteiger partial charge is 0.322 e. The van der Waals surface area contributed by atoms with E-state index in [2.05, 4.69) is 5.32 Å². The molecule has 7 heteroatoms. The number of anilines is 1. The molecule has 0 radical (unpaired) electrons. The van der Waals surface area contributed by atoms with Gasteiger partial charge in [-0.25, -0.2) is 13.6 Å². The number of nitrogens with zero attached hydrogens (tertiary/aromatic N) is 1. The van der Waals surface area contributed by atoms with Crippen LogP contribution in [0.5, 0.6) is 5.75 Å². The van der Waals surface area contributed by atoms with Gasteiger partial charge in [0.1, 0.15) is 12.4 Å². The Morgan fingerprint density at radius 2 is 2.22 bits per heavy atom. The SMILES string of the molecule is CC1CCCN(C(=O)Nc2ccccc2OCC(F)F)C1CO. The first-order valence-corrected chi connectivity index (χ1v) is 7.71. The van der Waals surface area contributed by atoms with Gasteiger partial charge in [0.25, 0.3) is 6.43 Å². The van der Waals surface area contributed by atoms with Crippen molar-refractivity contribution in [3.63, 3.8) is 0 Å². The predicted molar refractivity (Wildman–Crippen MR) is 82.9 cm³/mol. The molecule has 1 fully saturated rings. The summed E-state index contributed by atoms with van der Waals surface area (Å²) >= 11 is 0. The second kappa shape index (κ2) is 8.10. The summed E-state index contributed by atoms with van der Waals surface area (Å²) in [5.41, 5.74) is 0.341. The summed E-state index contributed by atoms with van der Waals surface area (Å²) in [5, 5.41) is 12.2. The molecule has 5 nitrogen and oxygen atoms in total. The van der Waals surface area contributed by atoms with Gasteiger partial charge >= 0.3 is 6.03 Å². The van der Waals surface area contributed by atoms with Gasteiger partial charge in [0.05, 0.1) is 18.3 Å². The van der Waals surface area contributed by atoms with Crippen LogP contribution in [0.2, 0.25) is 0 Å². The van der Waals surface area contributed by atoms with Crippen LogP contribution < -0.4 is 10.1 Å². The van der Waals surface area contributed by atoms with E-state index in [9.17, 15) is 18.7 Å². The summed E-state index contributed by atoms with van der Waals surface area (Å²) < 4.78 is 29.6. The minimum atomic E-state index is -2.58. The van der Waals surface area contributed by atoms with Crippen molar-refractivity contribution in [1.82, 2.24) is 4.90 Å². The number of carbonyl (C=O) groups is 1. The number of amides is 2. The van der Waals surface area contributed by atoms with Gasteiger partial charge in [-0.15, -0.1) is 0 Å². The molecule has 1 aliphatic rings. The highest BCUT2D eigenvalue weighted by Gasteiger charge is 2.31. The third kappa shape index (κ3) is 4.54. The molecule has 1 aromatic rings. The van der Waals surface area contributed by atoms with Crippen LogP contribution >= 0.6 is 0 Å². The quantitative estimate of drug-likeness (QED) is 0.873. The van der Waals surface area contributed by atoms with Crippen LogP contribution in [0, 0.1) is 5.92 Å². The molecule has 0 aliphatic carbocycles. The van der Waals surface area contributed by atoms with E-state index in [0.29, 0.717) is 12.2 Å². The number of aliphatic hydroxyl groups excluding tert-OH is 1. The van der Waals surface area contributed by atoms with Gasteiger partial charge in [0.15, 0.2) is 0 Å². The van der Waals surface area contributed by atoms with E-state index in [1.165, 1.54) is 6.07 Å². The monoisotopic (exact) mass is 328 g/mol. The van der Waals surface area contributed by atoms with Crippen molar-refractivity contribution in [3.05, 3.63) is 24.3 Å². The fourth-order valence-electron chi connectivity index (χ4n) is 2.82. The average molecular weight is 328 g/mol. The minimum Gasteiger partial charge on any atom is -0.485 e. The maximum Gasteiger partial charge on any atom is 0.322 e. The Bertz CT molecular complexity index is 528. The minimum absolute atomic E-state index is 0.0991. The Balaban J connectivity index is 2.07. The standard InChI is InChI=1S/C16H22F2N2O3/c1-11-5-4-8-20(13(11)9-21)16(22)19-12-6-2-3-7-14(12)23-10-15(17)18/h2-3,6-7,11,13,15,21H,4-5,8-10H2,1H3,(H,19,22). The number of rotatable bonds is 5. The average Bonchev–Trinajstić information content (AvgIpc) is 2.53. The zero-order valence-electron chi connectivity index (χ0n) is 13.0. The zero-order chi connectivity index (χ0) is 16.8. The summed E-state index contributed by atoms with van der Waals surface area (Å²) in [4.78, 5) is 14.1. The number of carbonyl (C=O) groups excluding carboxylic acids is 1. The van der Waals surface area contributed by atoms with Crippen molar-refractivity contribution in [1.29, 1.82) is 0 Å². The molecule has 0 bridgehead atoms. The molecule has 1 aliphatic heterocycles. The van der Waals surface area contributed by atoms with Crippen molar-refractivity contribution in [3.8, 4) is 5.75 Å². The molecule has 1 saturated heterocycles. The lowest BCUT2D eigenvalue weighted by Gasteiger charge is -2.38. The van der Waals surface area contributed by atoms with E-state index in [0.717, 1.165) is 12.8 Å². The maximum absolute atomic E-state index is 12.5. The lowest BCUT2D eigenvalue weighted by Crippen LogP contribution is -2.51. The highest BCUT2D eigenvalue weighted by molar-refractivity contribution is 5.91. The van der Waals surface area contributed by atoms with Gasteiger partial charge in [-0.3, -0.25) is 0 Å². The molecule has 2 rings (SSSR count). The Kier molecular flexibility index (Phi) is 6.15. The summed E-state index contributed by atoms with van der Waals surface area (Å²) in [6.45, 7) is 1.73. The molecule has 1 aromatic carbocycles. The number of aliphatic hydroxyl groups is 1. The molecular weight excluding hydrogens is 306 g/mol. The Morgan fingerprint density at radius 1 is 1.48 bits per heavy atom. The van der Waals surface area contributed by atoms with Gasteiger partial charge in [0, 0.05) is 6.54 Å². The lowest BCUT2D eigenvalue weighted by molar-refractivity contribution is 0.0801. The van der Waals surface area contributed by atoms with Crippen molar-refractivity contribution in [2.45, 2.75) is 32.2 Å². The normalized spacial score (nSPS) is 21.3. The first kappa shape index (κ1) is 17.5. The third-order valence-corrected chi connectivity index (χ3v) is 4.06. The van der Waals surface area contributed by atoms with Gasteiger partial charge in [-0.05, 0) is 30.9 Å². The molecule has 1 heterocycles. The van der Waals surface area contributed by atoms with E-state index in [1.54, 1.807) is 23.1 Å². The number of ether oxygens (including phenoxy) is 1. The van der Waals surface area contributed by atoms with Crippen LogP contribution in [0.3, 0.4) is 0 Å². The van der Waals surface area contributed by atoms with Crippen LogP contribution in [0.1, 0.15) is 19.8 Å². The number of likely N-dealkylation sites (tertiary alicyclic amines) is 1. The van der Waals surface area contributed by atoms with Crippen molar-refractivity contribution < 1.29 is 23.4 Å². The fraction of sp³-hybridized carbons (Fsp3) is 0.562. The second-order valence-electron chi connectivity index (χ2n) is 5.69. The maximum atomic E-state index is 12.5. The van der Waals surface area contributed by atoms with Crippen LogP contribution in [-0.2, 0) is 0 Å². The van der Waals surface area contributed by atoms with Crippen LogP contribution in [0.4, 0.5) is 19.3 Å². The topological polar surface area (TPSA) is 61.8 Å². The number of para-hydroxylation sites is 2. The summed E-state index contributed by atoms with van der Waals surface area (Å²) in [7, 11) is 0. The number of alkyl halides is 2. The Labute approximate surface area is 134 Å². The van der Waals surface area contributed by atoms with E-state index in [1.807, 2.05) is 6.92 Å². The number of nitrogens with one attached hydrogen (secondary N) is 1. The van der Waals surface area contributed by atoms with Gasteiger partial charge < -0.3 is 20.1 Å². The first-order chi connectivity index (χ1) is 11.0. The number of halogens is 2. The van der Waals surface area contributed by atoms with Crippen LogP contribution in [0.25, 0.3) is 0 Å². The Hall–Kier alpha value is -1.89. The molecule has 0 saturated carbocycles. The molecule has 2 unspecified atom stereocenters. The molecule has 0 spiro atoms. The van der Waals surface area contributed by atoms with Crippen molar-refractivity contribution >= 4 is 11.7 Å². The van der Waals surface area contributed by atoms with E-state index in [-0.39, 0.29) is 30.3 Å². The molecule has 2 atom stereocenters. The molecule has 2 amide bonds. The lowest BCUT2D eigenvalue weighted by atomic mass is 9.91. The molecule has 0 aromatic heterocycles. The van der Waals surface area contributed by atoms with Gasteiger partial charge in [0.2, 0.25) is 0 Å². The van der Waals surface area contributed by atoms with Gasteiger partial charge in [-0.1, -0.05) is 19.1 Å². The van der Waals surface area contributed by atoms with Crippen molar-refractivity contribution in [2.24, 2.45) is 5.92 Å². The van der Waals surface area contributed by atoms with E-state index < -0.39 is 13.0 Å². The number of benzene rings is 1. The molecule has 23 heavy (non-hydrogen) atoms. The highest BCUT2D eigenvalue weighted by Crippen LogP contribution is 2.27. The molecule has 2 N–H and O–H groups in total. The fourth-order valence-corrected chi connectivity index (χ4v) is 2.82. The predicted octanol–water partition coefficient (Wildman–Crippen LogP) is 2.96. The van der Waals surface area contributed by atoms with Crippen molar-refractivity contribution in [2.75, 3.05) is 25.1 Å². The molecule has 128 valence electrons. The van der Waals surface area contributed by atoms with Crippen LogP contribution in [-0.4, -0.2) is 48.3 Å². The summed E-state index contributed by atoms with van der Waals surface area (Å²) in [5.74, 6) is 0.414. The molecular formula is C16H22F2N2O3. The summed E-state index contributed by atoms with van der Waals surface area (Å²) in [6, 6.07) is 5.87. The Morgan fingerprint density at radius 3 is 2.91 bits per heavy atom. The number of hydrogen-bond acceptors (Lipinski definition) is 3. The first-order valence-electron chi connectivity index (χ1n) is 7.71. The second-order valence-corrected chi connectivity index (χ2v) is 5.69. The third-order valence-electron chi connectivity index (χ3n) is 4.06. The highest BCUT2D eigenvalue weighted by atomic mass is 19.3. The number of piperidine rings is 1.